The van der Waals surface area contributed by atoms with Crippen molar-refractivity contribution in [1.82, 2.24) is 10.4 Å². The highest BCUT2D eigenvalue weighted by atomic mass is 16.5. The van der Waals surface area contributed by atoms with Gasteiger partial charge in [0, 0.05) is 17.2 Å². The quantitative estimate of drug-likeness (QED) is 0.834. The van der Waals surface area contributed by atoms with Gasteiger partial charge in [-0.2, -0.15) is 5.01 Å². The van der Waals surface area contributed by atoms with E-state index in [0.717, 1.165) is 54.4 Å². The lowest BCUT2D eigenvalue weighted by atomic mass is 9.93. The first kappa shape index (κ1) is 18.3. The van der Waals surface area contributed by atoms with Crippen molar-refractivity contribution in [2.75, 3.05) is 34.4 Å². The number of nitrogens with one attached hydrogen (secondary N) is 2. The minimum Gasteiger partial charge on any atom is -0.497 e. The van der Waals surface area contributed by atoms with Crippen molar-refractivity contribution < 1.29 is 19.1 Å². The van der Waals surface area contributed by atoms with Crippen molar-refractivity contribution in [2.45, 2.75) is 24.6 Å². The van der Waals surface area contributed by atoms with Gasteiger partial charge in [0.2, 0.25) is 0 Å². The van der Waals surface area contributed by atoms with Gasteiger partial charge in [-0.05, 0) is 24.3 Å². The molecule has 3 aliphatic heterocycles. The first-order chi connectivity index (χ1) is 14.1. The van der Waals surface area contributed by atoms with Gasteiger partial charge in [-0.15, -0.1) is 0 Å². The standard InChI is InChI=1S/C23H27N3O3/c1-25-12-10-23(11-13-25)26-20(18-6-4-5-7-21(18)29-23)15-19(24-26)17-9-8-16(27-2)14-22(17)28-3/h4-9,14-15,20,24H,10-13H2,1-3H3/p+1/t20-/m1/s1. The zero-order chi connectivity index (χ0) is 20.0. The maximum atomic E-state index is 6.67. The molecule has 3 heterocycles. The smallest absolute Gasteiger partial charge is 0.191 e. The molecule has 0 saturated carbocycles. The Hall–Kier alpha value is -2.70. The molecular formula is C23H28N3O3+. The third-order valence-electron chi connectivity index (χ3n) is 6.40. The summed E-state index contributed by atoms with van der Waals surface area (Å²) < 4.78 is 17.7. The van der Waals surface area contributed by atoms with Crippen LogP contribution in [-0.4, -0.2) is 45.1 Å². The van der Waals surface area contributed by atoms with E-state index in [9.17, 15) is 0 Å². The number of hydrogen-bond donors (Lipinski definition) is 2. The molecule has 2 aromatic rings. The zero-order valence-corrected chi connectivity index (χ0v) is 17.2. The molecule has 0 aliphatic carbocycles. The summed E-state index contributed by atoms with van der Waals surface area (Å²) in [6, 6.07) is 14.5. The number of para-hydroxylation sites is 1. The molecule has 152 valence electrons. The predicted molar refractivity (Wildman–Crippen MR) is 111 cm³/mol. The molecule has 2 N–H and O–H groups in total. The topological polar surface area (TPSA) is 47.4 Å². The number of hydrazine groups is 1. The van der Waals surface area contributed by atoms with Gasteiger partial charge in [-0.25, -0.2) is 0 Å². The largest absolute Gasteiger partial charge is 0.497 e. The average Bonchev–Trinajstić information content (AvgIpc) is 3.22. The molecular weight excluding hydrogens is 366 g/mol. The van der Waals surface area contributed by atoms with E-state index in [2.05, 4.69) is 47.8 Å². The van der Waals surface area contributed by atoms with E-state index in [1.54, 1.807) is 19.1 Å². The summed E-state index contributed by atoms with van der Waals surface area (Å²) >= 11 is 0. The van der Waals surface area contributed by atoms with Gasteiger partial charge in [0.1, 0.15) is 17.2 Å². The van der Waals surface area contributed by atoms with Crippen LogP contribution in [0.15, 0.2) is 48.5 Å². The molecule has 3 aliphatic rings. The van der Waals surface area contributed by atoms with Crippen molar-refractivity contribution in [3.05, 3.63) is 59.7 Å². The fourth-order valence-electron chi connectivity index (χ4n) is 4.71. The van der Waals surface area contributed by atoms with E-state index in [-0.39, 0.29) is 11.8 Å². The number of benzene rings is 2. The van der Waals surface area contributed by atoms with Gasteiger partial charge in [0.15, 0.2) is 5.72 Å². The summed E-state index contributed by atoms with van der Waals surface area (Å²) in [5.74, 6) is 2.57. The Morgan fingerprint density at radius 3 is 2.66 bits per heavy atom. The lowest BCUT2D eigenvalue weighted by molar-refractivity contribution is -0.888. The molecule has 6 heteroatoms. The van der Waals surface area contributed by atoms with E-state index >= 15 is 0 Å². The first-order valence-corrected chi connectivity index (χ1v) is 10.2. The molecule has 1 spiro atoms. The highest BCUT2D eigenvalue weighted by Gasteiger charge is 2.52. The summed E-state index contributed by atoms with van der Waals surface area (Å²) in [7, 11) is 5.62. The fourth-order valence-corrected chi connectivity index (χ4v) is 4.71. The average molecular weight is 394 g/mol. The summed E-state index contributed by atoms with van der Waals surface area (Å²) in [5, 5.41) is 2.32. The number of likely N-dealkylation sites (tertiary alicyclic amines) is 1. The number of ether oxygens (including phenoxy) is 3. The Labute approximate surface area is 171 Å². The minimum atomic E-state index is -0.337. The number of fused-ring (bicyclic) bond motifs is 4. The molecule has 0 radical (unpaired) electrons. The Kier molecular flexibility index (Phi) is 4.41. The van der Waals surface area contributed by atoms with Gasteiger partial charge in [-0.3, -0.25) is 0 Å². The highest BCUT2D eigenvalue weighted by Crippen LogP contribution is 2.48. The molecule has 1 atom stereocenters. The lowest BCUT2D eigenvalue weighted by Crippen LogP contribution is -3.11. The van der Waals surface area contributed by atoms with Crippen molar-refractivity contribution >= 4 is 5.70 Å². The molecule has 6 nitrogen and oxygen atoms in total. The number of nitrogens with zero attached hydrogens (tertiary/aromatic N) is 1. The summed E-state index contributed by atoms with van der Waals surface area (Å²) in [6.07, 6.45) is 4.26. The zero-order valence-electron chi connectivity index (χ0n) is 17.2. The van der Waals surface area contributed by atoms with Crippen LogP contribution in [0.2, 0.25) is 0 Å². The van der Waals surface area contributed by atoms with Crippen LogP contribution in [0.5, 0.6) is 17.2 Å². The summed E-state index contributed by atoms with van der Waals surface area (Å²) in [6.45, 7) is 2.18. The Balaban J connectivity index is 1.57. The fraction of sp³-hybridized carbons (Fsp3) is 0.391. The van der Waals surface area contributed by atoms with Crippen molar-refractivity contribution in [3.63, 3.8) is 0 Å². The van der Waals surface area contributed by atoms with E-state index in [1.165, 1.54) is 5.56 Å². The predicted octanol–water partition coefficient (Wildman–Crippen LogP) is 2.00. The molecule has 1 fully saturated rings. The maximum Gasteiger partial charge on any atom is 0.191 e. The van der Waals surface area contributed by atoms with E-state index < -0.39 is 0 Å². The van der Waals surface area contributed by atoms with Gasteiger partial charge in [0.25, 0.3) is 0 Å². The molecule has 5 rings (SSSR count). The second-order valence-electron chi connectivity index (χ2n) is 8.12. The molecule has 0 bridgehead atoms. The van der Waals surface area contributed by atoms with Crippen LogP contribution in [0.1, 0.15) is 30.0 Å². The second kappa shape index (κ2) is 6.97. The third-order valence-corrected chi connectivity index (χ3v) is 6.40. The molecule has 0 unspecified atom stereocenters. The van der Waals surface area contributed by atoms with Crippen molar-refractivity contribution in [1.29, 1.82) is 0 Å². The number of rotatable bonds is 3. The number of hydrogen-bond acceptors (Lipinski definition) is 5. The Morgan fingerprint density at radius 1 is 1.10 bits per heavy atom. The van der Waals surface area contributed by atoms with E-state index in [0.29, 0.717) is 0 Å². The van der Waals surface area contributed by atoms with Crippen LogP contribution in [0.4, 0.5) is 0 Å². The lowest BCUT2D eigenvalue weighted by Gasteiger charge is -2.50. The third kappa shape index (κ3) is 2.94. The second-order valence-corrected chi connectivity index (χ2v) is 8.12. The Morgan fingerprint density at radius 2 is 1.90 bits per heavy atom. The Bertz CT molecular complexity index is 950. The van der Waals surface area contributed by atoms with Crippen LogP contribution in [0, 0.1) is 0 Å². The maximum absolute atomic E-state index is 6.67. The number of methoxy groups -OCH3 is 2. The van der Waals surface area contributed by atoms with Crippen LogP contribution in [0.25, 0.3) is 5.70 Å². The molecule has 1 saturated heterocycles. The molecule has 0 aromatic heterocycles. The molecule has 2 aromatic carbocycles. The monoisotopic (exact) mass is 394 g/mol. The number of quaternary nitrogens is 1. The van der Waals surface area contributed by atoms with Crippen molar-refractivity contribution in [3.8, 4) is 17.2 Å². The number of piperidine rings is 1. The SMILES string of the molecule is COc1ccc(C2=C[C@@H]3c4ccccc4OC4(CC[NH+](C)CC4)N3N2)c(OC)c1. The van der Waals surface area contributed by atoms with Crippen LogP contribution in [-0.2, 0) is 0 Å². The summed E-state index contributed by atoms with van der Waals surface area (Å²) in [5.41, 5.74) is 6.60. The van der Waals surface area contributed by atoms with Crippen LogP contribution in [0.3, 0.4) is 0 Å². The van der Waals surface area contributed by atoms with Gasteiger partial charge < -0.3 is 24.5 Å². The van der Waals surface area contributed by atoms with Gasteiger partial charge >= 0.3 is 0 Å². The highest BCUT2D eigenvalue weighted by molar-refractivity contribution is 5.72. The van der Waals surface area contributed by atoms with Crippen LogP contribution < -0.4 is 24.5 Å². The molecule has 29 heavy (non-hydrogen) atoms. The molecule has 0 amide bonds. The van der Waals surface area contributed by atoms with Gasteiger partial charge in [-0.1, -0.05) is 18.2 Å². The first-order valence-electron chi connectivity index (χ1n) is 10.2. The minimum absolute atomic E-state index is 0.125. The van der Waals surface area contributed by atoms with Crippen molar-refractivity contribution in [2.24, 2.45) is 0 Å². The summed E-state index contributed by atoms with van der Waals surface area (Å²) in [4.78, 5) is 1.55. The normalized spacial score (nSPS) is 28.0. The van der Waals surface area contributed by atoms with E-state index in [1.807, 2.05) is 18.2 Å². The van der Waals surface area contributed by atoms with Gasteiger partial charge in [0.05, 0.1) is 58.9 Å². The van der Waals surface area contributed by atoms with Crippen LogP contribution >= 0.6 is 0 Å². The van der Waals surface area contributed by atoms with E-state index in [4.69, 9.17) is 14.2 Å².